The summed E-state index contributed by atoms with van der Waals surface area (Å²) in [7, 11) is 2.60. The van der Waals surface area contributed by atoms with E-state index in [1.165, 1.54) is 31.3 Å². The zero-order valence-electron chi connectivity index (χ0n) is 46.3. The number of nitrogens with one attached hydrogen (secondary N) is 1. The Morgan fingerprint density at radius 2 is 0.936 bits per heavy atom. The van der Waals surface area contributed by atoms with Crippen LogP contribution in [0.3, 0.4) is 0 Å². The van der Waals surface area contributed by atoms with Crippen molar-refractivity contribution in [2.75, 3.05) is 93.1 Å². The molecule has 2 amide bonds. The highest BCUT2D eigenvalue weighted by atomic mass is 79.9. The van der Waals surface area contributed by atoms with Crippen LogP contribution in [0.25, 0.3) is 0 Å². The van der Waals surface area contributed by atoms with Crippen LogP contribution >= 0.6 is 28.3 Å². The summed E-state index contributed by atoms with van der Waals surface area (Å²) in [4.78, 5) is 66.1. The van der Waals surface area contributed by atoms with Crippen LogP contribution in [0.1, 0.15) is 134 Å². The topological polar surface area (TPSA) is 189 Å². The Balaban J connectivity index is -0.000000297. The molecule has 17 nitrogen and oxygen atoms in total. The number of benzene rings is 3. The van der Waals surface area contributed by atoms with Crippen molar-refractivity contribution in [1.82, 2.24) is 20.7 Å². The van der Waals surface area contributed by atoms with E-state index in [1.54, 1.807) is 79.9 Å². The van der Waals surface area contributed by atoms with Gasteiger partial charge in [-0.1, -0.05) is 109 Å². The van der Waals surface area contributed by atoms with E-state index in [0.717, 1.165) is 27.7 Å². The number of hydrogen-bond acceptors (Lipinski definition) is 15. The van der Waals surface area contributed by atoms with Gasteiger partial charge >= 0.3 is 12.2 Å². The van der Waals surface area contributed by atoms with E-state index in [2.05, 4.69) is 21.4 Å². The predicted molar refractivity (Wildman–Crippen MR) is 309 cm³/mol. The Labute approximate surface area is 480 Å². The molecule has 0 saturated heterocycles. The zero-order valence-corrected chi connectivity index (χ0v) is 49.5. The number of likely N-dealkylation sites (N-methyl/N-ethyl adjacent to an activating group) is 1. The Kier molecular flexibility index (Phi) is 52.7. The van der Waals surface area contributed by atoms with E-state index in [-0.39, 0.29) is 83.5 Å². The number of carbonyl (C=O) groups is 4. The molecule has 3 aromatic carbocycles. The fourth-order valence-corrected chi connectivity index (χ4v) is 6.22. The number of Topliss-reactive ketones (excluding diaryl/α,β-unsaturated/α-hetero) is 2. The van der Waals surface area contributed by atoms with Crippen molar-refractivity contribution in [3.05, 3.63) is 102 Å². The lowest BCUT2D eigenvalue weighted by Crippen LogP contribution is -2.34. The van der Waals surface area contributed by atoms with Gasteiger partial charge in [-0.3, -0.25) is 41.5 Å². The molecule has 0 aliphatic rings. The molecule has 0 aliphatic carbocycles. The van der Waals surface area contributed by atoms with Gasteiger partial charge in [0.15, 0.2) is 11.6 Å². The summed E-state index contributed by atoms with van der Waals surface area (Å²) in [5.74, 6) is 0.138. The summed E-state index contributed by atoms with van der Waals surface area (Å²) in [6.45, 7) is 13.5. The number of nitrogens with zero attached hydrogens (tertiary/aromatic N) is 3. The first-order chi connectivity index (χ1) is 35.4. The molecule has 3 rings (SSSR count). The second-order valence-electron chi connectivity index (χ2n) is 18.0. The van der Waals surface area contributed by atoms with Crippen LogP contribution in [0, 0.1) is 6.92 Å². The van der Waals surface area contributed by atoms with E-state index in [9.17, 15) is 40.8 Å². The minimum absolute atomic E-state index is 0. The van der Waals surface area contributed by atoms with Gasteiger partial charge in [-0.2, -0.15) is 23.6 Å². The summed E-state index contributed by atoms with van der Waals surface area (Å²) >= 11 is 3.10. The van der Waals surface area contributed by atoms with E-state index < -0.39 is 33.5 Å². The smallest absolute Gasteiger partial charge is 0.434 e. The van der Waals surface area contributed by atoms with Crippen molar-refractivity contribution in [3.8, 4) is 0 Å². The van der Waals surface area contributed by atoms with Crippen molar-refractivity contribution in [1.29, 1.82) is 0 Å². The molecule has 0 unspecified atom stereocenters. The molecule has 78 heavy (non-hydrogen) atoms. The van der Waals surface area contributed by atoms with Crippen molar-refractivity contribution in [2.45, 2.75) is 131 Å². The average molecular weight is 1220 g/mol. The van der Waals surface area contributed by atoms with Crippen LogP contribution in [0.15, 0.2) is 89.8 Å². The first-order valence-electron chi connectivity index (χ1n) is 24.6. The number of hydroxylamine groups is 7. The third kappa shape index (κ3) is 47.7. The largest absolute Gasteiger partial charge is 0.442 e. The molecule has 3 aromatic rings. The number of ether oxygens (including phenoxy) is 2. The van der Waals surface area contributed by atoms with Gasteiger partial charge in [-0.05, 0) is 112 Å². The van der Waals surface area contributed by atoms with Gasteiger partial charge in [0, 0.05) is 39.3 Å². The standard InChI is InChI=1S/C17H27NO6S.C13H18FNO2.C10H20FNO3.C8H7BrO.C5H12FNO.2CH4.ClH/c1-14-8-10-15(11-9-14)25(20,21)23-13-7-6-12-22-18(5)16(19)24-17(2,3)4;1-15(17-10-6-5-9-14)11-13(16)12-7-3-2-4-8-12;1-10(2,3)15-9(13)12(4)14-8-6-5-7-11;9-6-8(10)7-4-2-1-3-5-7;1-7-8-5-3-2-4-6;;;/h8-11H,6-7,12-13H2,1-5H3;2-4,7-8H,5-6,9-11H2,1H3;5-8H2,1-4H3;1-5H,6H2;7H,2-5H2,1H3;2*1H4;1H/i;14-1;11-1;;6-1;;;. The van der Waals surface area contributed by atoms with Crippen LogP contribution in [0.4, 0.5) is 22.8 Å². The maximum absolute atomic E-state index is 12.0. The lowest BCUT2D eigenvalue weighted by molar-refractivity contribution is -0.132. The van der Waals surface area contributed by atoms with Gasteiger partial charge in [0.25, 0.3) is 10.1 Å². The van der Waals surface area contributed by atoms with Gasteiger partial charge in [-0.15, -0.1) is 12.4 Å². The Bertz CT molecular complexity index is 2040. The molecule has 23 heteroatoms. The molecule has 0 fully saturated rings. The van der Waals surface area contributed by atoms with E-state index in [1.807, 2.05) is 55.5 Å². The van der Waals surface area contributed by atoms with Gasteiger partial charge in [-0.25, -0.2) is 15.1 Å². The molecule has 0 saturated carbocycles. The highest BCUT2D eigenvalue weighted by Crippen LogP contribution is 2.15. The van der Waals surface area contributed by atoms with Crippen LogP contribution < -0.4 is 5.48 Å². The normalized spacial score (nSPS) is 10.6. The summed E-state index contributed by atoms with van der Waals surface area (Å²) in [5, 5.41) is 3.95. The fraction of sp³-hybridized carbons (Fsp3) is 0.600. The first-order valence-corrected chi connectivity index (χ1v) is 27.1. The minimum Gasteiger partial charge on any atom is -0.442 e. The number of carbonyl (C=O) groups excluding carboxylic acids is 4. The van der Waals surface area contributed by atoms with E-state index >= 15 is 0 Å². The maximum atomic E-state index is 12.0. The molecule has 0 spiro atoms. The molecule has 1 N–H and O–H groups in total. The second-order valence-corrected chi connectivity index (χ2v) is 20.2. The Morgan fingerprint density at radius 3 is 1.32 bits per heavy atom. The summed E-state index contributed by atoms with van der Waals surface area (Å²) in [5.41, 5.74) is 3.79. The quantitative estimate of drug-likeness (QED) is 0.0237. The van der Waals surface area contributed by atoms with E-state index in [0.29, 0.717) is 75.7 Å². The van der Waals surface area contributed by atoms with Crippen LogP contribution in [-0.2, 0) is 43.1 Å². The summed E-state index contributed by atoms with van der Waals surface area (Å²) < 4.78 is 74.0. The SMILES string of the molecule is C.C.CN(CC(=O)c1ccccc1)OCCCC[18F].CN(OCCCC[18F])C(=O)OC(C)(C)C.CNOCCCC[18F].Cc1ccc(S(=O)(=O)OCCCCON(C)C(=O)OC(C)(C)C)cc1.Cl.O=C(CBr)c1ccccc1. The average Bonchev–Trinajstić information content (AvgIpc) is 3.36. The van der Waals surface area contributed by atoms with Crippen molar-refractivity contribution in [2.24, 2.45) is 0 Å². The molecule has 0 radical (unpaired) electrons. The molecule has 0 atom stereocenters. The number of aryl methyl sites for hydroxylation is 1. The minimum atomic E-state index is -3.74. The van der Waals surface area contributed by atoms with Gasteiger partial charge < -0.3 is 14.3 Å². The fourth-order valence-electron chi connectivity index (χ4n) is 4.96. The van der Waals surface area contributed by atoms with Gasteiger partial charge in [0.05, 0.1) is 69.8 Å². The molecular formula is C55H93BrClF3N4O13S. The Morgan fingerprint density at radius 1 is 0.564 bits per heavy atom. The lowest BCUT2D eigenvalue weighted by Gasteiger charge is -2.24. The maximum Gasteiger partial charge on any atom is 0.434 e. The number of unbranched alkanes of at least 4 members (excludes halogenated alkanes) is 4. The summed E-state index contributed by atoms with van der Waals surface area (Å²) in [6.07, 6.45) is 3.49. The number of alkyl halides is 4. The number of halogens is 5. The predicted octanol–water partition coefficient (Wildman–Crippen LogP) is 13.1. The number of amides is 2. The van der Waals surface area contributed by atoms with Crippen LogP contribution in [0.5, 0.6) is 0 Å². The highest BCUT2D eigenvalue weighted by Gasteiger charge is 2.21. The van der Waals surface area contributed by atoms with Crippen LogP contribution in [-0.4, -0.2) is 152 Å². The molecular weight excluding hydrogens is 1130 g/mol. The molecule has 0 heterocycles. The van der Waals surface area contributed by atoms with Gasteiger partial charge in [0.2, 0.25) is 0 Å². The van der Waals surface area contributed by atoms with Crippen molar-refractivity contribution in [3.63, 3.8) is 0 Å². The zero-order chi connectivity index (χ0) is 57.1. The highest BCUT2D eigenvalue weighted by molar-refractivity contribution is 9.09. The van der Waals surface area contributed by atoms with Gasteiger partial charge in [0.1, 0.15) is 11.2 Å². The van der Waals surface area contributed by atoms with Crippen molar-refractivity contribution < 1.29 is 73.8 Å². The monoisotopic (exact) mass is 1220 g/mol. The molecule has 452 valence electrons. The number of hydrogen-bond donors (Lipinski definition) is 1. The summed E-state index contributed by atoms with van der Waals surface area (Å²) in [6, 6.07) is 24.8. The molecule has 0 aliphatic heterocycles. The molecule has 0 aromatic heterocycles. The molecule has 0 bridgehead atoms. The van der Waals surface area contributed by atoms with Crippen LogP contribution in [0.2, 0.25) is 0 Å². The third-order valence-electron chi connectivity index (χ3n) is 8.78. The Hall–Kier alpha value is -4.23. The number of rotatable bonds is 28. The first kappa shape index (κ1) is 82.6. The third-order valence-corrected chi connectivity index (χ3v) is 10.6. The van der Waals surface area contributed by atoms with E-state index in [4.69, 9.17) is 33.0 Å². The van der Waals surface area contributed by atoms with Crippen molar-refractivity contribution >= 4 is 62.2 Å². The number of ketones is 2. The lowest BCUT2D eigenvalue weighted by atomic mass is 10.1. The second kappa shape index (κ2) is 49.8.